The van der Waals surface area contributed by atoms with E-state index in [1.807, 2.05) is 7.05 Å². The summed E-state index contributed by atoms with van der Waals surface area (Å²) in [6.07, 6.45) is 15.5. The lowest BCUT2D eigenvalue weighted by molar-refractivity contribution is -0.121. The second-order valence-corrected chi connectivity index (χ2v) is 11.5. The maximum atomic E-state index is 11.9. The number of carbonyl (C=O) groups is 1. The molecule has 0 atom stereocenters. The second kappa shape index (κ2) is 14.2. The Kier molecular flexibility index (Phi) is 11.0. The summed E-state index contributed by atoms with van der Waals surface area (Å²) < 4.78 is 0. The third kappa shape index (κ3) is 7.86. The number of hydrogen-bond donors (Lipinski definition) is 3. The molecule has 1 heterocycles. The van der Waals surface area contributed by atoms with Gasteiger partial charge in [0.2, 0.25) is 5.91 Å². The zero-order valence-electron chi connectivity index (χ0n) is 24.6. The molecule has 0 spiro atoms. The lowest BCUT2D eigenvalue weighted by atomic mass is 9.80. The fourth-order valence-corrected chi connectivity index (χ4v) is 5.47. The van der Waals surface area contributed by atoms with Crippen LogP contribution in [0.5, 0.6) is 0 Å². The molecule has 4 N–H and O–H groups in total. The number of nitrogens with one attached hydrogen (secondary N) is 2. The van der Waals surface area contributed by atoms with Crippen LogP contribution in [0.25, 0.3) is 0 Å². The van der Waals surface area contributed by atoms with Gasteiger partial charge in [-0.25, -0.2) is 0 Å². The van der Waals surface area contributed by atoms with E-state index in [0.717, 1.165) is 32.2 Å². The first kappa shape index (κ1) is 30.2. The molecule has 39 heavy (non-hydrogen) atoms. The van der Waals surface area contributed by atoms with E-state index in [2.05, 4.69) is 122 Å². The summed E-state index contributed by atoms with van der Waals surface area (Å²) >= 11 is 0. The van der Waals surface area contributed by atoms with Crippen molar-refractivity contribution in [2.45, 2.75) is 70.6 Å². The van der Waals surface area contributed by atoms with E-state index >= 15 is 0 Å². The number of carbonyl (C=O) groups excluding carboxylic acids is 1. The third-order valence-corrected chi connectivity index (χ3v) is 7.72. The van der Waals surface area contributed by atoms with Crippen LogP contribution in [0.2, 0.25) is 0 Å². The number of anilines is 2. The van der Waals surface area contributed by atoms with E-state index in [4.69, 9.17) is 5.73 Å². The summed E-state index contributed by atoms with van der Waals surface area (Å²) in [4.78, 5) is 14.3. The number of unbranched alkanes of at least 4 members (excludes halogenated alkanes) is 2. The number of benzene rings is 2. The summed E-state index contributed by atoms with van der Waals surface area (Å²) in [6.45, 7) is 11.2. The molecular weight excluding hydrogens is 480 g/mol. The molecule has 1 aliphatic heterocycles. The molecule has 5 nitrogen and oxygen atoms in total. The highest BCUT2D eigenvalue weighted by molar-refractivity contribution is 5.75. The van der Waals surface area contributed by atoms with Crippen LogP contribution in [-0.4, -0.2) is 32.6 Å². The van der Waals surface area contributed by atoms with Gasteiger partial charge in [-0.05, 0) is 54.0 Å². The maximum Gasteiger partial charge on any atom is 0.220 e. The van der Waals surface area contributed by atoms with Crippen LogP contribution >= 0.6 is 0 Å². The molecule has 5 heteroatoms. The van der Waals surface area contributed by atoms with Gasteiger partial charge in [-0.15, -0.1) is 0 Å². The Morgan fingerprint density at radius 3 is 2.51 bits per heavy atom. The molecule has 0 unspecified atom stereocenters. The van der Waals surface area contributed by atoms with Crippen molar-refractivity contribution >= 4 is 17.3 Å². The fourth-order valence-electron chi connectivity index (χ4n) is 5.47. The first-order chi connectivity index (χ1) is 18.7. The number of rotatable bonds is 14. The van der Waals surface area contributed by atoms with Gasteiger partial charge in [0.15, 0.2) is 0 Å². The minimum absolute atomic E-state index is 0.0411. The number of nitrogens with zero attached hydrogens (tertiary/aromatic N) is 1. The van der Waals surface area contributed by atoms with Gasteiger partial charge in [0, 0.05) is 55.6 Å². The predicted octanol–water partition coefficient (Wildman–Crippen LogP) is 6.83. The Bertz CT molecular complexity index is 1180. The van der Waals surface area contributed by atoms with Crippen LogP contribution < -0.4 is 21.3 Å². The highest BCUT2D eigenvalue weighted by atomic mass is 16.1. The Labute approximate surface area is 236 Å². The van der Waals surface area contributed by atoms with Crippen LogP contribution in [0.3, 0.4) is 0 Å². The van der Waals surface area contributed by atoms with E-state index < -0.39 is 0 Å². The maximum absolute atomic E-state index is 11.9. The topological polar surface area (TPSA) is 70.4 Å². The average Bonchev–Trinajstić information content (AvgIpc) is 3.14. The molecule has 0 aromatic heterocycles. The molecule has 2 aromatic rings. The highest BCUT2D eigenvalue weighted by Crippen LogP contribution is 2.47. The van der Waals surface area contributed by atoms with Gasteiger partial charge in [-0.2, -0.15) is 0 Å². The molecule has 0 fully saturated rings. The van der Waals surface area contributed by atoms with E-state index in [-0.39, 0.29) is 16.7 Å². The third-order valence-electron chi connectivity index (χ3n) is 7.72. The number of hydrogen-bond acceptors (Lipinski definition) is 4. The Morgan fingerprint density at radius 1 is 1.00 bits per heavy atom. The molecule has 3 rings (SSSR count). The van der Waals surface area contributed by atoms with Crippen LogP contribution in [0.15, 0.2) is 84.6 Å². The van der Waals surface area contributed by atoms with E-state index in [9.17, 15) is 4.79 Å². The number of para-hydroxylation sites is 2. The Hall–Kier alpha value is -3.31. The van der Waals surface area contributed by atoms with Crippen LogP contribution in [0.1, 0.15) is 70.9 Å². The SMILES string of the molecule is CNc1ccccc1C(C)(C)C/C=C/C=C/C=C1/N(CCCCCC(=O)NCCN)c2ccccc2C1(C)C. The first-order valence-electron chi connectivity index (χ1n) is 14.4. The molecule has 1 aliphatic rings. The molecular formula is C34H48N4O. The first-order valence-corrected chi connectivity index (χ1v) is 14.4. The van der Waals surface area contributed by atoms with Crippen molar-refractivity contribution < 1.29 is 4.79 Å². The summed E-state index contributed by atoms with van der Waals surface area (Å²) in [5.41, 5.74) is 11.9. The van der Waals surface area contributed by atoms with Crippen molar-refractivity contribution in [2.24, 2.45) is 5.73 Å². The van der Waals surface area contributed by atoms with Crippen molar-refractivity contribution in [3.05, 3.63) is 95.7 Å². The normalized spacial score (nSPS) is 15.8. The number of allylic oxidation sites excluding steroid dienone is 6. The molecule has 0 aliphatic carbocycles. The number of amides is 1. The van der Waals surface area contributed by atoms with Gasteiger partial charge < -0.3 is 21.3 Å². The summed E-state index contributed by atoms with van der Waals surface area (Å²) in [7, 11) is 1.98. The predicted molar refractivity (Wildman–Crippen MR) is 167 cm³/mol. The lowest BCUT2D eigenvalue weighted by Crippen LogP contribution is -2.29. The highest BCUT2D eigenvalue weighted by Gasteiger charge is 2.39. The number of nitrogens with two attached hydrogens (primary N) is 1. The molecule has 0 radical (unpaired) electrons. The lowest BCUT2D eigenvalue weighted by Gasteiger charge is -2.27. The van der Waals surface area contributed by atoms with E-state index in [1.165, 1.54) is 28.2 Å². The van der Waals surface area contributed by atoms with Crippen molar-refractivity contribution in [1.82, 2.24) is 5.32 Å². The van der Waals surface area contributed by atoms with Gasteiger partial charge in [-0.3, -0.25) is 4.79 Å². The van der Waals surface area contributed by atoms with Crippen molar-refractivity contribution in [3.8, 4) is 0 Å². The largest absolute Gasteiger partial charge is 0.388 e. The smallest absolute Gasteiger partial charge is 0.220 e. The van der Waals surface area contributed by atoms with Crippen LogP contribution in [-0.2, 0) is 15.6 Å². The molecule has 1 amide bonds. The molecule has 0 saturated heterocycles. The van der Waals surface area contributed by atoms with Gasteiger partial charge in [0.25, 0.3) is 0 Å². The van der Waals surface area contributed by atoms with Gasteiger partial charge in [-0.1, -0.05) is 94.8 Å². The molecule has 0 bridgehead atoms. The Balaban J connectivity index is 1.64. The monoisotopic (exact) mass is 528 g/mol. The summed E-state index contributed by atoms with van der Waals surface area (Å²) in [5, 5.41) is 6.18. The minimum Gasteiger partial charge on any atom is -0.388 e. The van der Waals surface area contributed by atoms with Crippen LogP contribution in [0, 0.1) is 0 Å². The molecule has 210 valence electrons. The zero-order valence-corrected chi connectivity index (χ0v) is 24.6. The molecule has 2 aromatic carbocycles. The Morgan fingerprint density at radius 2 is 1.74 bits per heavy atom. The minimum atomic E-state index is -0.0639. The summed E-state index contributed by atoms with van der Waals surface area (Å²) in [6, 6.07) is 17.3. The average molecular weight is 529 g/mol. The quantitative estimate of drug-likeness (QED) is 0.186. The van der Waals surface area contributed by atoms with E-state index in [1.54, 1.807) is 0 Å². The zero-order chi connectivity index (χ0) is 28.3. The van der Waals surface area contributed by atoms with E-state index in [0.29, 0.717) is 19.5 Å². The second-order valence-electron chi connectivity index (χ2n) is 11.5. The standard InChI is InChI=1S/C34H48N4O/c1-33(2,27-17-11-13-19-29(27)36-5)23-15-7-6-9-21-31-34(3,4)28-18-12-14-20-30(28)38(31)26-16-8-10-22-32(39)37-25-24-35/h6-7,9,11-15,17-21,36H,8,10,16,22-26,35H2,1-5H3,(H,37,39)/b9-6+,15-7+,31-21+. The molecule has 0 saturated carbocycles. The van der Waals surface area contributed by atoms with Gasteiger partial charge >= 0.3 is 0 Å². The van der Waals surface area contributed by atoms with Crippen molar-refractivity contribution in [3.63, 3.8) is 0 Å². The fraction of sp³-hybridized carbons (Fsp3) is 0.441. The van der Waals surface area contributed by atoms with Gasteiger partial charge in [0.05, 0.1) is 0 Å². The van der Waals surface area contributed by atoms with Crippen molar-refractivity contribution in [2.75, 3.05) is 36.9 Å². The van der Waals surface area contributed by atoms with Crippen molar-refractivity contribution in [1.29, 1.82) is 0 Å². The number of fused-ring (bicyclic) bond motifs is 1. The van der Waals surface area contributed by atoms with Crippen LogP contribution in [0.4, 0.5) is 11.4 Å². The van der Waals surface area contributed by atoms with Gasteiger partial charge in [0.1, 0.15) is 0 Å². The summed E-state index contributed by atoms with van der Waals surface area (Å²) in [5.74, 6) is 0.0986.